The Morgan fingerprint density at radius 1 is 0.794 bits per heavy atom. The SMILES string of the molecule is CC(N)C(=O)NC(CC(=O)O)C(=O)NC(Cc1ccccc1)C(=O)NC(CCC(=O)O)C(=O)O. The standard InChI is InChI=1S/C21H28N4O9/c1-11(22)18(30)24-15(10-17(28)29)20(32)25-14(9-12-5-3-2-4-6-12)19(31)23-13(21(33)34)7-8-16(26)27/h2-6,11,13-15H,7-10,22H2,1H3,(H,23,31)(H,24,30)(H,25,32)(H,26,27)(H,28,29)(H,33,34). The van der Waals surface area contributed by atoms with Crippen LogP contribution in [0.15, 0.2) is 30.3 Å². The van der Waals surface area contributed by atoms with Crippen LogP contribution in [0.1, 0.15) is 31.7 Å². The van der Waals surface area contributed by atoms with Gasteiger partial charge in [0.05, 0.1) is 12.5 Å². The lowest BCUT2D eigenvalue weighted by atomic mass is 10.0. The molecule has 0 saturated heterocycles. The highest BCUT2D eigenvalue weighted by atomic mass is 16.4. The number of rotatable bonds is 14. The van der Waals surface area contributed by atoms with Crippen molar-refractivity contribution >= 4 is 35.6 Å². The van der Waals surface area contributed by atoms with E-state index >= 15 is 0 Å². The van der Waals surface area contributed by atoms with E-state index in [4.69, 9.17) is 15.9 Å². The van der Waals surface area contributed by atoms with Crippen LogP contribution in [0.25, 0.3) is 0 Å². The van der Waals surface area contributed by atoms with Crippen LogP contribution < -0.4 is 21.7 Å². The fraction of sp³-hybridized carbons (Fsp3) is 0.429. The van der Waals surface area contributed by atoms with Crippen LogP contribution >= 0.6 is 0 Å². The highest BCUT2D eigenvalue weighted by Gasteiger charge is 2.31. The van der Waals surface area contributed by atoms with Crippen molar-refractivity contribution in [3.63, 3.8) is 0 Å². The van der Waals surface area contributed by atoms with Gasteiger partial charge in [-0.05, 0) is 18.9 Å². The summed E-state index contributed by atoms with van der Waals surface area (Å²) in [5.74, 6) is -6.82. The molecule has 1 aromatic rings. The van der Waals surface area contributed by atoms with Gasteiger partial charge in [-0.25, -0.2) is 4.79 Å². The first-order valence-corrected chi connectivity index (χ1v) is 10.3. The summed E-state index contributed by atoms with van der Waals surface area (Å²) in [5, 5.41) is 33.9. The molecule has 34 heavy (non-hydrogen) atoms. The zero-order valence-electron chi connectivity index (χ0n) is 18.4. The summed E-state index contributed by atoms with van der Waals surface area (Å²) in [6.07, 6.45) is -1.80. The van der Waals surface area contributed by atoms with Gasteiger partial charge < -0.3 is 37.0 Å². The van der Waals surface area contributed by atoms with Crippen LogP contribution in [-0.2, 0) is 35.2 Å². The predicted molar refractivity (Wildman–Crippen MR) is 116 cm³/mol. The molecule has 0 aliphatic carbocycles. The maximum atomic E-state index is 12.9. The lowest BCUT2D eigenvalue weighted by molar-refractivity contribution is -0.144. The van der Waals surface area contributed by atoms with Crippen molar-refractivity contribution < 1.29 is 44.1 Å². The average Bonchev–Trinajstić information content (AvgIpc) is 2.75. The Kier molecular flexibility index (Phi) is 11.2. The first-order valence-electron chi connectivity index (χ1n) is 10.3. The zero-order chi connectivity index (χ0) is 25.8. The van der Waals surface area contributed by atoms with Crippen molar-refractivity contribution in [1.82, 2.24) is 16.0 Å². The number of aliphatic carboxylic acids is 3. The molecular weight excluding hydrogens is 452 g/mol. The quantitative estimate of drug-likeness (QED) is 0.162. The fourth-order valence-electron chi connectivity index (χ4n) is 2.82. The Hall–Kier alpha value is -4.00. The first-order chi connectivity index (χ1) is 15.9. The summed E-state index contributed by atoms with van der Waals surface area (Å²) in [4.78, 5) is 70.9. The molecule has 0 heterocycles. The molecule has 13 nitrogen and oxygen atoms in total. The van der Waals surface area contributed by atoms with Gasteiger partial charge in [-0.15, -0.1) is 0 Å². The van der Waals surface area contributed by atoms with Crippen molar-refractivity contribution in [2.24, 2.45) is 5.73 Å². The van der Waals surface area contributed by atoms with Gasteiger partial charge in [0.15, 0.2) is 0 Å². The molecule has 0 bridgehead atoms. The Morgan fingerprint density at radius 3 is 1.82 bits per heavy atom. The summed E-state index contributed by atoms with van der Waals surface area (Å²) in [6.45, 7) is 1.33. The highest BCUT2D eigenvalue weighted by Crippen LogP contribution is 2.07. The van der Waals surface area contributed by atoms with Gasteiger partial charge in [-0.1, -0.05) is 30.3 Å². The molecule has 0 aliphatic heterocycles. The lowest BCUT2D eigenvalue weighted by Gasteiger charge is -2.24. The monoisotopic (exact) mass is 480 g/mol. The predicted octanol–water partition coefficient (Wildman–Crippen LogP) is -1.55. The number of hydrogen-bond acceptors (Lipinski definition) is 7. The van der Waals surface area contributed by atoms with Gasteiger partial charge in [0.1, 0.15) is 18.1 Å². The molecular formula is C21H28N4O9. The number of carboxylic acid groups (broad SMARTS) is 3. The molecule has 0 aliphatic rings. The largest absolute Gasteiger partial charge is 0.481 e. The highest BCUT2D eigenvalue weighted by molar-refractivity contribution is 5.95. The Labute approximate surface area is 194 Å². The van der Waals surface area contributed by atoms with Crippen LogP contribution in [0.5, 0.6) is 0 Å². The number of amides is 3. The maximum Gasteiger partial charge on any atom is 0.326 e. The summed E-state index contributed by atoms with van der Waals surface area (Å²) in [6, 6.07) is 2.90. The van der Waals surface area contributed by atoms with Gasteiger partial charge in [0.25, 0.3) is 0 Å². The van der Waals surface area contributed by atoms with Gasteiger partial charge in [0.2, 0.25) is 17.7 Å². The van der Waals surface area contributed by atoms with Crippen molar-refractivity contribution in [3.05, 3.63) is 35.9 Å². The van der Waals surface area contributed by atoms with E-state index in [-0.39, 0.29) is 6.42 Å². The van der Waals surface area contributed by atoms with Crippen molar-refractivity contribution in [2.45, 2.75) is 56.8 Å². The third-order valence-electron chi connectivity index (χ3n) is 4.60. The summed E-state index contributed by atoms with van der Waals surface area (Å²) < 4.78 is 0. The van der Waals surface area contributed by atoms with E-state index in [0.29, 0.717) is 5.56 Å². The number of carbonyl (C=O) groups excluding carboxylic acids is 3. The van der Waals surface area contributed by atoms with E-state index < -0.39 is 79.1 Å². The minimum atomic E-state index is -1.55. The van der Waals surface area contributed by atoms with Gasteiger partial charge in [0, 0.05) is 12.8 Å². The Balaban J connectivity index is 3.11. The van der Waals surface area contributed by atoms with Crippen LogP contribution in [0.2, 0.25) is 0 Å². The number of benzene rings is 1. The number of nitrogens with one attached hydrogen (secondary N) is 3. The fourth-order valence-corrected chi connectivity index (χ4v) is 2.82. The average molecular weight is 480 g/mol. The number of hydrogen-bond donors (Lipinski definition) is 7. The van der Waals surface area contributed by atoms with E-state index in [1.165, 1.54) is 6.92 Å². The molecule has 4 atom stereocenters. The minimum absolute atomic E-state index is 0.0925. The zero-order valence-corrected chi connectivity index (χ0v) is 18.4. The number of carboxylic acids is 3. The molecule has 0 saturated carbocycles. The molecule has 4 unspecified atom stereocenters. The van der Waals surface area contributed by atoms with E-state index in [1.54, 1.807) is 30.3 Å². The maximum absolute atomic E-state index is 12.9. The normalized spacial score (nSPS) is 14.1. The molecule has 13 heteroatoms. The number of carbonyl (C=O) groups is 6. The molecule has 0 fully saturated rings. The molecule has 1 rings (SSSR count). The van der Waals surface area contributed by atoms with E-state index in [9.17, 15) is 33.9 Å². The third kappa shape index (κ3) is 10.1. The van der Waals surface area contributed by atoms with Crippen molar-refractivity contribution in [2.75, 3.05) is 0 Å². The summed E-state index contributed by atoms with van der Waals surface area (Å²) in [7, 11) is 0. The first kappa shape index (κ1) is 28.0. The van der Waals surface area contributed by atoms with Crippen LogP contribution in [0.4, 0.5) is 0 Å². The third-order valence-corrected chi connectivity index (χ3v) is 4.60. The number of nitrogens with two attached hydrogens (primary N) is 1. The minimum Gasteiger partial charge on any atom is -0.481 e. The molecule has 0 spiro atoms. The smallest absolute Gasteiger partial charge is 0.326 e. The van der Waals surface area contributed by atoms with Crippen LogP contribution in [0.3, 0.4) is 0 Å². The summed E-state index contributed by atoms with van der Waals surface area (Å²) in [5.41, 5.74) is 6.04. The van der Waals surface area contributed by atoms with Crippen molar-refractivity contribution in [1.29, 1.82) is 0 Å². The molecule has 0 radical (unpaired) electrons. The lowest BCUT2D eigenvalue weighted by Crippen LogP contribution is -2.57. The van der Waals surface area contributed by atoms with Gasteiger partial charge in [-0.3, -0.25) is 24.0 Å². The molecule has 8 N–H and O–H groups in total. The summed E-state index contributed by atoms with van der Waals surface area (Å²) >= 11 is 0. The van der Waals surface area contributed by atoms with Crippen LogP contribution in [0, 0.1) is 0 Å². The van der Waals surface area contributed by atoms with E-state index in [1.807, 2.05) is 0 Å². The Bertz CT molecular complexity index is 905. The second-order valence-corrected chi connectivity index (χ2v) is 7.53. The molecule has 186 valence electrons. The van der Waals surface area contributed by atoms with Gasteiger partial charge >= 0.3 is 17.9 Å². The van der Waals surface area contributed by atoms with Crippen molar-refractivity contribution in [3.8, 4) is 0 Å². The second-order valence-electron chi connectivity index (χ2n) is 7.53. The molecule has 1 aromatic carbocycles. The Morgan fingerprint density at radius 2 is 1.32 bits per heavy atom. The molecule has 0 aromatic heterocycles. The van der Waals surface area contributed by atoms with E-state index in [2.05, 4.69) is 16.0 Å². The van der Waals surface area contributed by atoms with E-state index in [0.717, 1.165) is 0 Å². The molecule has 3 amide bonds. The van der Waals surface area contributed by atoms with Gasteiger partial charge in [-0.2, -0.15) is 0 Å². The second kappa shape index (κ2) is 13.5. The topological polar surface area (TPSA) is 225 Å². The van der Waals surface area contributed by atoms with Crippen LogP contribution in [-0.4, -0.2) is 75.1 Å².